The fraction of sp³-hybridized carbons (Fsp3) is 0.435. The molecule has 0 aliphatic heterocycles. The van der Waals surface area contributed by atoms with Gasteiger partial charge in [-0.2, -0.15) is 11.3 Å². The Labute approximate surface area is 176 Å². The van der Waals surface area contributed by atoms with E-state index in [0.29, 0.717) is 30.5 Å². The van der Waals surface area contributed by atoms with Crippen molar-refractivity contribution in [3.8, 4) is 11.5 Å². The van der Waals surface area contributed by atoms with Crippen molar-refractivity contribution >= 4 is 17.2 Å². The molecule has 0 fully saturated rings. The SMILES string of the molecule is CCCCc1ccc([C@H](NC(=O)CCc2nnc(-c3ccsc3)o2)C(C)C)cc1. The van der Waals surface area contributed by atoms with E-state index in [1.165, 1.54) is 18.4 Å². The number of hydrogen-bond acceptors (Lipinski definition) is 5. The molecule has 0 bridgehead atoms. The molecule has 2 aromatic heterocycles. The number of nitrogens with zero attached hydrogens (tertiary/aromatic N) is 2. The summed E-state index contributed by atoms with van der Waals surface area (Å²) in [6.07, 6.45) is 4.26. The maximum Gasteiger partial charge on any atom is 0.248 e. The first-order valence-electron chi connectivity index (χ1n) is 10.3. The van der Waals surface area contributed by atoms with Gasteiger partial charge in [-0.3, -0.25) is 4.79 Å². The maximum absolute atomic E-state index is 12.5. The standard InChI is InChI=1S/C23H29N3O2S/c1-4-5-6-17-7-9-18(10-8-17)22(16(2)3)24-20(27)11-12-21-25-26-23(28-21)19-13-14-29-15-19/h7-10,13-16,22H,4-6,11-12H2,1-3H3,(H,24,27)/t22-/m1/s1. The summed E-state index contributed by atoms with van der Waals surface area (Å²) in [6.45, 7) is 6.46. The average Bonchev–Trinajstić information content (AvgIpc) is 3.41. The molecule has 1 amide bonds. The lowest BCUT2D eigenvalue weighted by molar-refractivity contribution is -0.122. The number of benzene rings is 1. The molecule has 2 heterocycles. The largest absolute Gasteiger partial charge is 0.421 e. The molecule has 0 radical (unpaired) electrons. The minimum absolute atomic E-state index is 0.00552. The van der Waals surface area contributed by atoms with E-state index in [4.69, 9.17) is 4.42 Å². The second-order valence-electron chi connectivity index (χ2n) is 7.65. The minimum Gasteiger partial charge on any atom is -0.421 e. The van der Waals surface area contributed by atoms with Crippen LogP contribution < -0.4 is 5.32 Å². The second-order valence-corrected chi connectivity index (χ2v) is 8.43. The summed E-state index contributed by atoms with van der Waals surface area (Å²) in [5.74, 6) is 1.29. The number of unbranched alkanes of at least 4 members (excludes halogenated alkanes) is 1. The summed E-state index contributed by atoms with van der Waals surface area (Å²) in [7, 11) is 0. The van der Waals surface area contributed by atoms with Crippen LogP contribution in [0.4, 0.5) is 0 Å². The Morgan fingerprint density at radius 1 is 1.14 bits per heavy atom. The van der Waals surface area contributed by atoms with Gasteiger partial charge in [-0.1, -0.05) is 51.5 Å². The molecule has 0 saturated carbocycles. The van der Waals surface area contributed by atoms with Crippen LogP contribution in [0.1, 0.15) is 63.1 Å². The van der Waals surface area contributed by atoms with Gasteiger partial charge in [0.1, 0.15) is 0 Å². The maximum atomic E-state index is 12.5. The minimum atomic E-state index is -0.00761. The number of aryl methyl sites for hydroxylation is 2. The normalized spacial score (nSPS) is 12.3. The van der Waals surface area contributed by atoms with E-state index in [-0.39, 0.29) is 11.9 Å². The fourth-order valence-corrected chi connectivity index (χ4v) is 3.86. The Hall–Kier alpha value is -2.47. The van der Waals surface area contributed by atoms with Crippen LogP contribution in [0.5, 0.6) is 0 Å². The van der Waals surface area contributed by atoms with Crippen LogP contribution in [0.3, 0.4) is 0 Å². The topological polar surface area (TPSA) is 68.0 Å². The van der Waals surface area contributed by atoms with Crippen LogP contribution >= 0.6 is 11.3 Å². The van der Waals surface area contributed by atoms with Crippen molar-refractivity contribution in [2.24, 2.45) is 5.92 Å². The van der Waals surface area contributed by atoms with Crippen molar-refractivity contribution in [2.45, 2.75) is 58.9 Å². The molecule has 1 N–H and O–H groups in total. The number of rotatable bonds is 10. The fourth-order valence-electron chi connectivity index (χ4n) is 3.23. The van der Waals surface area contributed by atoms with Gasteiger partial charge in [0.25, 0.3) is 0 Å². The summed E-state index contributed by atoms with van der Waals surface area (Å²) in [5.41, 5.74) is 3.41. The van der Waals surface area contributed by atoms with Gasteiger partial charge in [-0.15, -0.1) is 10.2 Å². The lowest BCUT2D eigenvalue weighted by Gasteiger charge is -2.23. The molecule has 1 aromatic carbocycles. The number of thiophene rings is 1. The summed E-state index contributed by atoms with van der Waals surface area (Å²) in [5, 5.41) is 15.2. The Kier molecular flexibility index (Phi) is 7.58. The first kappa shape index (κ1) is 21.2. The van der Waals surface area contributed by atoms with Gasteiger partial charge in [0.2, 0.25) is 17.7 Å². The predicted molar refractivity (Wildman–Crippen MR) is 117 cm³/mol. The van der Waals surface area contributed by atoms with Crippen LogP contribution in [-0.2, 0) is 17.6 Å². The van der Waals surface area contributed by atoms with Crippen molar-refractivity contribution in [2.75, 3.05) is 0 Å². The lowest BCUT2D eigenvalue weighted by Crippen LogP contribution is -2.31. The van der Waals surface area contributed by atoms with E-state index >= 15 is 0 Å². The Bertz CT molecular complexity index is 885. The highest BCUT2D eigenvalue weighted by Crippen LogP contribution is 2.23. The molecular formula is C23H29N3O2S. The molecule has 1 atom stereocenters. The number of amides is 1. The molecule has 3 rings (SSSR count). The Balaban J connectivity index is 1.55. The number of nitrogens with one attached hydrogen (secondary N) is 1. The third-order valence-corrected chi connectivity index (χ3v) is 5.63. The van der Waals surface area contributed by atoms with Crippen molar-refractivity contribution in [1.29, 1.82) is 0 Å². The number of aromatic nitrogens is 2. The summed E-state index contributed by atoms with van der Waals surface area (Å²) < 4.78 is 5.67. The number of hydrogen-bond donors (Lipinski definition) is 1. The zero-order valence-corrected chi connectivity index (χ0v) is 18.2. The van der Waals surface area contributed by atoms with Crippen LogP contribution in [0.15, 0.2) is 45.5 Å². The van der Waals surface area contributed by atoms with Crippen molar-refractivity contribution in [3.63, 3.8) is 0 Å². The summed E-state index contributed by atoms with van der Waals surface area (Å²) >= 11 is 1.58. The monoisotopic (exact) mass is 411 g/mol. The third-order valence-electron chi connectivity index (χ3n) is 4.94. The van der Waals surface area contributed by atoms with Gasteiger partial charge in [-0.25, -0.2) is 0 Å². The van der Waals surface area contributed by atoms with E-state index in [1.54, 1.807) is 11.3 Å². The van der Waals surface area contributed by atoms with E-state index in [2.05, 4.69) is 60.6 Å². The number of carbonyl (C=O) groups excluding carboxylic acids is 1. The molecule has 29 heavy (non-hydrogen) atoms. The summed E-state index contributed by atoms with van der Waals surface area (Å²) in [4.78, 5) is 12.5. The van der Waals surface area contributed by atoms with Gasteiger partial charge >= 0.3 is 0 Å². The third kappa shape index (κ3) is 6.00. The van der Waals surface area contributed by atoms with Gasteiger partial charge in [-0.05, 0) is 41.3 Å². The van der Waals surface area contributed by atoms with Gasteiger partial charge in [0.15, 0.2) is 0 Å². The van der Waals surface area contributed by atoms with Crippen LogP contribution in [-0.4, -0.2) is 16.1 Å². The zero-order valence-electron chi connectivity index (χ0n) is 17.4. The second kappa shape index (κ2) is 10.3. The highest BCUT2D eigenvalue weighted by Gasteiger charge is 2.19. The molecule has 5 nitrogen and oxygen atoms in total. The van der Waals surface area contributed by atoms with E-state index in [9.17, 15) is 4.79 Å². The molecule has 3 aromatic rings. The molecule has 154 valence electrons. The molecular weight excluding hydrogens is 382 g/mol. The summed E-state index contributed by atoms with van der Waals surface area (Å²) in [6, 6.07) is 10.6. The molecule has 0 spiro atoms. The highest BCUT2D eigenvalue weighted by molar-refractivity contribution is 7.08. The van der Waals surface area contributed by atoms with E-state index in [1.807, 2.05) is 16.8 Å². The molecule has 0 aliphatic carbocycles. The van der Waals surface area contributed by atoms with Crippen LogP contribution in [0, 0.1) is 5.92 Å². The van der Waals surface area contributed by atoms with E-state index < -0.39 is 0 Å². The quantitative estimate of drug-likeness (QED) is 0.472. The number of carbonyl (C=O) groups is 1. The molecule has 0 unspecified atom stereocenters. The van der Waals surface area contributed by atoms with Crippen molar-refractivity contribution in [3.05, 3.63) is 58.1 Å². The predicted octanol–water partition coefficient (Wildman–Crippen LogP) is 5.59. The Morgan fingerprint density at radius 2 is 1.93 bits per heavy atom. The molecule has 0 aliphatic rings. The zero-order chi connectivity index (χ0) is 20.6. The average molecular weight is 412 g/mol. The highest BCUT2D eigenvalue weighted by atomic mass is 32.1. The Morgan fingerprint density at radius 3 is 2.59 bits per heavy atom. The van der Waals surface area contributed by atoms with Gasteiger partial charge in [0, 0.05) is 23.8 Å². The van der Waals surface area contributed by atoms with Crippen LogP contribution in [0.25, 0.3) is 11.5 Å². The first-order chi connectivity index (χ1) is 14.1. The van der Waals surface area contributed by atoms with Crippen molar-refractivity contribution < 1.29 is 9.21 Å². The molecule has 0 saturated heterocycles. The van der Waals surface area contributed by atoms with Gasteiger partial charge < -0.3 is 9.73 Å². The first-order valence-corrected chi connectivity index (χ1v) is 11.2. The van der Waals surface area contributed by atoms with Gasteiger partial charge in [0.05, 0.1) is 6.04 Å². The smallest absolute Gasteiger partial charge is 0.248 e. The van der Waals surface area contributed by atoms with Crippen LogP contribution in [0.2, 0.25) is 0 Å². The van der Waals surface area contributed by atoms with Crippen molar-refractivity contribution in [1.82, 2.24) is 15.5 Å². The lowest BCUT2D eigenvalue weighted by atomic mass is 9.94. The molecule has 6 heteroatoms. The van der Waals surface area contributed by atoms with E-state index in [0.717, 1.165) is 17.5 Å².